The van der Waals surface area contributed by atoms with Gasteiger partial charge in [-0.25, -0.2) is 0 Å². The first-order valence-electron chi connectivity index (χ1n) is 8.56. The Labute approximate surface area is 129 Å². The van der Waals surface area contributed by atoms with Gasteiger partial charge < -0.3 is 15.1 Å². The van der Waals surface area contributed by atoms with E-state index in [1.807, 2.05) is 6.92 Å². The minimum absolute atomic E-state index is 0.235. The first-order chi connectivity index (χ1) is 10.0. The van der Waals surface area contributed by atoms with Gasteiger partial charge in [0.25, 0.3) is 0 Å². The summed E-state index contributed by atoms with van der Waals surface area (Å²) in [6, 6.07) is 0. The maximum atomic E-state index is 10.3. The van der Waals surface area contributed by atoms with Crippen LogP contribution in [0.15, 0.2) is 0 Å². The molecule has 2 aliphatic heterocycles. The molecule has 21 heavy (non-hydrogen) atoms. The number of nitrogens with zero attached hydrogens (tertiary/aromatic N) is 3. The van der Waals surface area contributed by atoms with Crippen molar-refractivity contribution in [1.29, 1.82) is 0 Å². The summed E-state index contributed by atoms with van der Waals surface area (Å²) in [6.07, 6.45) is 2.06. The highest BCUT2D eigenvalue weighted by Gasteiger charge is 2.22. The Kier molecular flexibility index (Phi) is 6.89. The van der Waals surface area contributed by atoms with E-state index in [1.165, 1.54) is 12.8 Å². The average molecular weight is 299 g/mol. The third kappa shape index (κ3) is 6.20. The Balaban J connectivity index is 1.61. The van der Waals surface area contributed by atoms with Crippen molar-refractivity contribution in [2.24, 2.45) is 5.92 Å². The molecule has 0 amide bonds. The second-order valence-electron chi connectivity index (χ2n) is 7.09. The molecule has 0 aromatic carbocycles. The van der Waals surface area contributed by atoms with E-state index < -0.39 is 0 Å². The average Bonchev–Trinajstić information content (AvgIpc) is 2.43. The third-order valence-corrected chi connectivity index (χ3v) is 4.80. The predicted octanol–water partition coefficient (Wildman–Crippen LogP) is 0.0776. The molecule has 0 aliphatic carbocycles. The molecule has 0 bridgehead atoms. The van der Waals surface area contributed by atoms with Crippen LogP contribution >= 0.6 is 0 Å². The summed E-state index contributed by atoms with van der Waals surface area (Å²) in [4.78, 5) is 7.07. The molecule has 124 valence electrons. The molecule has 0 aromatic heterocycles. The van der Waals surface area contributed by atoms with Crippen molar-refractivity contribution in [3.63, 3.8) is 0 Å². The second-order valence-corrected chi connectivity index (χ2v) is 7.09. The molecule has 0 saturated carbocycles. The molecule has 0 spiro atoms. The zero-order valence-corrected chi connectivity index (χ0v) is 13.7. The maximum Gasteiger partial charge on any atom is 0.0793 e. The van der Waals surface area contributed by atoms with Crippen LogP contribution in [0, 0.1) is 5.92 Å². The second kappa shape index (κ2) is 8.44. The van der Waals surface area contributed by atoms with E-state index in [0.717, 1.165) is 64.8 Å². The van der Waals surface area contributed by atoms with Crippen LogP contribution in [0.2, 0.25) is 0 Å². The molecular formula is C16H33N3O2. The van der Waals surface area contributed by atoms with Crippen molar-refractivity contribution < 1.29 is 10.2 Å². The molecule has 5 nitrogen and oxygen atoms in total. The predicted molar refractivity (Wildman–Crippen MR) is 85.4 cm³/mol. The van der Waals surface area contributed by atoms with Crippen LogP contribution in [-0.2, 0) is 0 Å². The van der Waals surface area contributed by atoms with Gasteiger partial charge in [0, 0.05) is 45.8 Å². The maximum absolute atomic E-state index is 10.3. The normalized spacial score (nSPS) is 26.9. The molecule has 2 atom stereocenters. The standard InChI is InChI=1S/C16H33N3O2/c1-14-3-5-17(6-4-14)12-16(21)13-19-9-7-18(8-10-19)11-15(2)20/h14-16,20-21H,3-13H2,1-2H3/t15-,16+/m1/s1. The molecule has 2 fully saturated rings. The fourth-order valence-corrected chi connectivity index (χ4v) is 3.43. The fourth-order valence-electron chi connectivity index (χ4n) is 3.43. The van der Waals surface area contributed by atoms with Crippen LogP contribution in [0.25, 0.3) is 0 Å². The van der Waals surface area contributed by atoms with E-state index in [1.54, 1.807) is 0 Å². The van der Waals surface area contributed by atoms with Gasteiger partial charge in [-0.3, -0.25) is 9.80 Å². The van der Waals surface area contributed by atoms with Crippen molar-refractivity contribution in [2.75, 3.05) is 58.9 Å². The van der Waals surface area contributed by atoms with Crippen LogP contribution in [-0.4, -0.2) is 96.0 Å². The van der Waals surface area contributed by atoms with Crippen molar-refractivity contribution >= 4 is 0 Å². The molecule has 0 unspecified atom stereocenters. The fraction of sp³-hybridized carbons (Fsp3) is 1.00. The highest BCUT2D eigenvalue weighted by molar-refractivity contribution is 4.78. The van der Waals surface area contributed by atoms with Crippen LogP contribution in [0.3, 0.4) is 0 Å². The van der Waals surface area contributed by atoms with Crippen molar-refractivity contribution in [3.05, 3.63) is 0 Å². The lowest BCUT2D eigenvalue weighted by Crippen LogP contribution is -2.51. The van der Waals surface area contributed by atoms with Gasteiger partial charge in [-0.05, 0) is 38.8 Å². The number of hydrogen-bond acceptors (Lipinski definition) is 5. The number of β-amino-alcohol motifs (C(OH)–C–C–N with tert-alkyl or cyclic N) is 2. The number of aliphatic hydroxyl groups is 2. The zero-order chi connectivity index (χ0) is 15.2. The van der Waals surface area contributed by atoms with Gasteiger partial charge in [-0.1, -0.05) is 6.92 Å². The molecule has 5 heteroatoms. The quantitative estimate of drug-likeness (QED) is 0.727. The lowest BCUT2D eigenvalue weighted by Gasteiger charge is -2.37. The smallest absolute Gasteiger partial charge is 0.0793 e. The minimum atomic E-state index is -0.247. The van der Waals surface area contributed by atoms with Crippen LogP contribution < -0.4 is 0 Å². The molecule has 2 saturated heterocycles. The third-order valence-electron chi connectivity index (χ3n) is 4.80. The largest absolute Gasteiger partial charge is 0.392 e. The van der Waals surface area contributed by atoms with Crippen molar-refractivity contribution in [1.82, 2.24) is 14.7 Å². The number of piperidine rings is 1. The summed E-state index contributed by atoms with van der Waals surface area (Å²) in [5, 5.41) is 19.7. The number of likely N-dealkylation sites (tertiary alicyclic amines) is 1. The van der Waals surface area contributed by atoms with Gasteiger partial charge in [-0.2, -0.15) is 0 Å². The number of hydrogen-bond donors (Lipinski definition) is 2. The summed E-state index contributed by atoms with van der Waals surface area (Å²) in [5.41, 5.74) is 0. The van der Waals surface area contributed by atoms with E-state index in [9.17, 15) is 10.2 Å². The first kappa shape index (κ1) is 17.2. The summed E-state index contributed by atoms with van der Waals surface area (Å²) in [6.45, 7) is 12.8. The Morgan fingerprint density at radius 2 is 1.24 bits per heavy atom. The number of aliphatic hydroxyl groups excluding tert-OH is 2. The monoisotopic (exact) mass is 299 g/mol. The van der Waals surface area contributed by atoms with Crippen molar-refractivity contribution in [2.45, 2.75) is 38.9 Å². The molecule has 2 heterocycles. The van der Waals surface area contributed by atoms with E-state index in [4.69, 9.17) is 0 Å². The summed E-state index contributed by atoms with van der Waals surface area (Å²) >= 11 is 0. The van der Waals surface area contributed by atoms with E-state index in [0.29, 0.717) is 0 Å². The Hall–Kier alpha value is -0.200. The van der Waals surface area contributed by atoms with Gasteiger partial charge in [0.15, 0.2) is 0 Å². The zero-order valence-electron chi connectivity index (χ0n) is 13.7. The highest BCUT2D eigenvalue weighted by atomic mass is 16.3. The first-order valence-corrected chi connectivity index (χ1v) is 8.56. The van der Waals surface area contributed by atoms with Crippen LogP contribution in [0.5, 0.6) is 0 Å². The summed E-state index contributed by atoms with van der Waals surface area (Å²) in [5.74, 6) is 0.848. The van der Waals surface area contributed by atoms with E-state index in [-0.39, 0.29) is 12.2 Å². The van der Waals surface area contributed by atoms with Gasteiger partial charge in [0.1, 0.15) is 0 Å². The van der Waals surface area contributed by atoms with Gasteiger partial charge >= 0.3 is 0 Å². The number of piperazine rings is 1. The van der Waals surface area contributed by atoms with Crippen LogP contribution in [0.1, 0.15) is 26.7 Å². The summed E-state index contributed by atoms with van der Waals surface area (Å²) < 4.78 is 0. The number of rotatable bonds is 6. The van der Waals surface area contributed by atoms with Gasteiger partial charge in [0.2, 0.25) is 0 Å². The Morgan fingerprint density at radius 3 is 1.71 bits per heavy atom. The molecule has 2 rings (SSSR count). The van der Waals surface area contributed by atoms with E-state index in [2.05, 4.69) is 21.6 Å². The Morgan fingerprint density at radius 1 is 0.810 bits per heavy atom. The van der Waals surface area contributed by atoms with Crippen molar-refractivity contribution in [3.8, 4) is 0 Å². The SMILES string of the molecule is CC1CCN(C[C@H](O)CN2CCN(C[C@@H](C)O)CC2)CC1. The Bertz CT molecular complexity index is 285. The molecule has 2 N–H and O–H groups in total. The van der Waals surface area contributed by atoms with Crippen LogP contribution in [0.4, 0.5) is 0 Å². The highest BCUT2D eigenvalue weighted by Crippen LogP contribution is 2.16. The molecule has 2 aliphatic rings. The van der Waals surface area contributed by atoms with E-state index >= 15 is 0 Å². The molecule has 0 radical (unpaired) electrons. The lowest BCUT2D eigenvalue weighted by molar-refractivity contribution is 0.0337. The van der Waals surface area contributed by atoms with Gasteiger partial charge in [-0.15, -0.1) is 0 Å². The summed E-state index contributed by atoms with van der Waals surface area (Å²) in [7, 11) is 0. The molecular weight excluding hydrogens is 266 g/mol. The lowest BCUT2D eigenvalue weighted by atomic mass is 9.99. The van der Waals surface area contributed by atoms with Gasteiger partial charge in [0.05, 0.1) is 12.2 Å². The topological polar surface area (TPSA) is 50.2 Å². The molecule has 0 aromatic rings. The minimum Gasteiger partial charge on any atom is -0.392 e.